The molecular weight excluding hydrogens is 134 g/mol. The van der Waals surface area contributed by atoms with Crippen molar-refractivity contribution in [3.05, 3.63) is 24.3 Å². The summed E-state index contributed by atoms with van der Waals surface area (Å²) in [5, 5.41) is 7.32. The average molecular weight is 149 g/mol. The van der Waals surface area contributed by atoms with Crippen LogP contribution in [0.15, 0.2) is 24.3 Å². The molecule has 11 heavy (non-hydrogen) atoms. The minimum Gasteiger partial charge on any atom is -0.301 e. The van der Waals surface area contributed by atoms with E-state index in [9.17, 15) is 0 Å². The average Bonchev–Trinajstić information content (AvgIpc) is 1.97. The Kier molecular flexibility index (Phi) is 2.28. The quantitative estimate of drug-likeness (QED) is 0.624. The second kappa shape index (κ2) is 3.04. The summed E-state index contributed by atoms with van der Waals surface area (Å²) in [5.74, 6) is 0. The molecule has 60 valence electrons. The summed E-state index contributed by atoms with van der Waals surface area (Å²) in [6.45, 7) is 4.39. The van der Waals surface area contributed by atoms with Crippen LogP contribution in [0.3, 0.4) is 0 Å². The van der Waals surface area contributed by atoms with Crippen molar-refractivity contribution in [1.82, 2.24) is 0 Å². The fourth-order valence-electron chi connectivity index (χ4n) is 1.38. The summed E-state index contributed by atoms with van der Waals surface area (Å²) in [5.41, 5.74) is 0.817. The number of rotatable bonds is 2. The molecule has 0 spiro atoms. The van der Waals surface area contributed by atoms with Crippen molar-refractivity contribution in [3.63, 3.8) is 0 Å². The van der Waals surface area contributed by atoms with Gasteiger partial charge in [-0.15, -0.1) is 0 Å². The molecule has 0 fully saturated rings. The van der Waals surface area contributed by atoms with Crippen LogP contribution in [0.5, 0.6) is 0 Å². The van der Waals surface area contributed by atoms with Gasteiger partial charge in [0.15, 0.2) is 0 Å². The highest BCUT2D eigenvalue weighted by Crippen LogP contribution is 2.28. The first-order valence-electron chi connectivity index (χ1n) is 4.13. The highest BCUT2D eigenvalue weighted by Gasteiger charge is 2.17. The highest BCUT2D eigenvalue weighted by atomic mass is 14.4. The van der Waals surface area contributed by atoms with Crippen molar-refractivity contribution in [2.75, 3.05) is 0 Å². The third kappa shape index (κ3) is 2.04. The third-order valence-electron chi connectivity index (χ3n) is 2.08. The summed E-state index contributed by atoms with van der Waals surface area (Å²) in [7, 11) is 0. The lowest BCUT2D eigenvalue weighted by Gasteiger charge is -2.23. The molecule has 1 N–H and O–H groups in total. The summed E-state index contributed by atoms with van der Waals surface area (Å²) in [6.07, 6.45) is 10.4. The standard InChI is InChI=1S/C10H15N/c1-3-6-10(2)7-4-9(11)5-8-10/h4-5,7-8,11H,3,6H2,1-2H3. The van der Waals surface area contributed by atoms with E-state index >= 15 is 0 Å². The van der Waals surface area contributed by atoms with Gasteiger partial charge < -0.3 is 5.41 Å². The van der Waals surface area contributed by atoms with Gasteiger partial charge in [0, 0.05) is 5.41 Å². The predicted molar refractivity (Wildman–Crippen MR) is 49.0 cm³/mol. The Morgan fingerprint density at radius 3 is 2.36 bits per heavy atom. The second-order valence-corrected chi connectivity index (χ2v) is 3.38. The first-order valence-corrected chi connectivity index (χ1v) is 4.13. The lowest BCUT2D eigenvalue weighted by molar-refractivity contribution is 0.491. The maximum Gasteiger partial charge on any atom is 0.0534 e. The minimum absolute atomic E-state index is 0.208. The van der Waals surface area contributed by atoms with E-state index in [1.54, 1.807) is 0 Å². The van der Waals surface area contributed by atoms with Crippen LogP contribution in [0.2, 0.25) is 0 Å². The molecule has 0 amide bonds. The zero-order valence-corrected chi connectivity index (χ0v) is 7.22. The summed E-state index contributed by atoms with van der Waals surface area (Å²) >= 11 is 0. The van der Waals surface area contributed by atoms with E-state index in [1.165, 1.54) is 12.8 Å². The molecule has 0 saturated carbocycles. The van der Waals surface area contributed by atoms with Crippen molar-refractivity contribution in [3.8, 4) is 0 Å². The predicted octanol–water partition coefficient (Wildman–Crippen LogP) is 2.94. The van der Waals surface area contributed by atoms with Crippen LogP contribution in [0.1, 0.15) is 26.7 Å². The molecule has 1 rings (SSSR count). The lowest BCUT2D eigenvalue weighted by atomic mass is 9.82. The Bertz CT molecular complexity index is 195. The fourth-order valence-corrected chi connectivity index (χ4v) is 1.38. The third-order valence-corrected chi connectivity index (χ3v) is 2.08. The number of hydrogen-bond acceptors (Lipinski definition) is 1. The highest BCUT2D eigenvalue weighted by molar-refractivity contribution is 6.02. The normalized spacial score (nSPS) is 29.5. The molecule has 1 nitrogen and oxygen atoms in total. The van der Waals surface area contributed by atoms with Gasteiger partial charge in [-0.2, -0.15) is 0 Å². The fraction of sp³-hybridized carbons (Fsp3) is 0.500. The van der Waals surface area contributed by atoms with E-state index < -0.39 is 0 Å². The topological polar surface area (TPSA) is 23.9 Å². The molecule has 1 heteroatoms. The summed E-state index contributed by atoms with van der Waals surface area (Å²) in [6, 6.07) is 0. The van der Waals surface area contributed by atoms with Gasteiger partial charge in [-0.25, -0.2) is 0 Å². The van der Waals surface area contributed by atoms with Gasteiger partial charge in [-0.1, -0.05) is 32.4 Å². The molecular formula is C10H15N. The van der Waals surface area contributed by atoms with Crippen LogP contribution in [0.4, 0.5) is 0 Å². The molecule has 0 aliphatic heterocycles. The van der Waals surface area contributed by atoms with Crippen molar-refractivity contribution >= 4 is 5.71 Å². The first kappa shape index (κ1) is 8.25. The van der Waals surface area contributed by atoms with Crippen molar-refractivity contribution in [1.29, 1.82) is 5.41 Å². The molecule has 1 aliphatic carbocycles. The number of nitrogens with one attached hydrogen (secondary N) is 1. The van der Waals surface area contributed by atoms with Crippen molar-refractivity contribution in [2.45, 2.75) is 26.7 Å². The molecule has 0 radical (unpaired) electrons. The van der Waals surface area contributed by atoms with Gasteiger partial charge in [0.1, 0.15) is 0 Å². The van der Waals surface area contributed by atoms with E-state index in [1.807, 2.05) is 12.2 Å². The van der Waals surface area contributed by atoms with Crippen LogP contribution < -0.4 is 0 Å². The van der Waals surface area contributed by atoms with E-state index in [-0.39, 0.29) is 5.41 Å². The van der Waals surface area contributed by atoms with Gasteiger partial charge in [0.25, 0.3) is 0 Å². The van der Waals surface area contributed by atoms with Gasteiger partial charge in [0.2, 0.25) is 0 Å². The first-order chi connectivity index (χ1) is 5.16. The Morgan fingerprint density at radius 1 is 1.36 bits per heavy atom. The largest absolute Gasteiger partial charge is 0.301 e. The van der Waals surface area contributed by atoms with E-state index in [0.29, 0.717) is 5.71 Å². The Hall–Kier alpha value is -0.850. The number of allylic oxidation sites excluding steroid dienone is 4. The second-order valence-electron chi connectivity index (χ2n) is 3.38. The maximum atomic E-state index is 7.32. The zero-order valence-electron chi connectivity index (χ0n) is 7.22. The lowest BCUT2D eigenvalue weighted by Crippen LogP contribution is -2.13. The number of hydrogen-bond donors (Lipinski definition) is 1. The van der Waals surface area contributed by atoms with Crippen LogP contribution in [-0.4, -0.2) is 5.71 Å². The van der Waals surface area contributed by atoms with Gasteiger partial charge >= 0.3 is 0 Å². The Labute approximate surface area is 68.3 Å². The van der Waals surface area contributed by atoms with Crippen LogP contribution in [0, 0.1) is 10.8 Å². The SMILES string of the molecule is CCCC1(C)C=CC(=N)C=C1. The monoisotopic (exact) mass is 149 g/mol. The Balaban J connectivity index is 2.68. The van der Waals surface area contributed by atoms with Crippen LogP contribution in [0.25, 0.3) is 0 Å². The molecule has 0 heterocycles. The van der Waals surface area contributed by atoms with E-state index in [2.05, 4.69) is 26.0 Å². The van der Waals surface area contributed by atoms with Crippen molar-refractivity contribution < 1.29 is 0 Å². The molecule has 0 aromatic rings. The maximum absolute atomic E-state index is 7.32. The summed E-state index contributed by atoms with van der Waals surface area (Å²) < 4.78 is 0. The van der Waals surface area contributed by atoms with E-state index in [0.717, 1.165) is 0 Å². The summed E-state index contributed by atoms with van der Waals surface area (Å²) in [4.78, 5) is 0. The Morgan fingerprint density at radius 2 is 1.91 bits per heavy atom. The molecule has 0 unspecified atom stereocenters. The smallest absolute Gasteiger partial charge is 0.0534 e. The van der Waals surface area contributed by atoms with Gasteiger partial charge in [-0.05, 0) is 18.6 Å². The minimum atomic E-state index is 0.208. The van der Waals surface area contributed by atoms with Gasteiger partial charge in [0.05, 0.1) is 5.71 Å². The molecule has 0 aromatic carbocycles. The van der Waals surface area contributed by atoms with Crippen molar-refractivity contribution in [2.24, 2.45) is 5.41 Å². The molecule has 1 aliphatic rings. The van der Waals surface area contributed by atoms with Crippen LogP contribution in [-0.2, 0) is 0 Å². The zero-order chi connectivity index (χ0) is 8.32. The molecule has 0 atom stereocenters. The molecule has 0 saturated heterocycles. The molecule has 0 aromatic heterocycles. The molecule has 0 bridgehead atoms. The van der Waals surface area contributed by atoms with Crippen LogP contribution >= 0.6 is 0 Å². The van der Waals surface area contributed by atoms with Gasteiger partial charge in [-0.3, -0.25) is 0 Å². The van der Waals surface area contributed by atoms with E-state index in [4.69, 9.17) is 5.41 Å².